The molecule has 5 heteroatoms. The van der Waals surface area contributed by atoms with E-state index in [0.717, 1.165) is 19.5 Å². The van der Waals surface area contributed by atoms with E-state index in [2.05, 4.69) is 44.9 Å². The fourth-order valence-electron chi connectivity index (χ4n) is 2.94. The number of thiophene rings is 1. The Labute approximate surface area is 129 Å². The van der Waals surface area contributed by atoms with Crippen LogP contribution >= 0.6 is 11.3 Å². The minimum atomic E-state index is 0.265. The normalized spacial score (nSPS) is 18.6. The van der Waals surface area contributed by atoms with Crippen molar-refractivity contribution in [1.29, 1.82) is 0 Å². The number of ether oxygens (including phenoxy) is 1. The van der Waals surface area contributed by atoms with Crippen molar-refractivity contribution in [3.05, 3.63) is 52.8 Å². The Balaban J connectivity index is 1.81. The predicted molar refractivity (Wildman–Crippen MR) is 85.4 cm³/mol. The van der Waals surface area contributed by atoms with Crippen molar-refractivity contribution in [2.75, 3.05) is 19.8 Å². The lowest BCUT2D eigenvalue weighted by Gasteiger charge is -2.35. The van der Waals surface area contributed by atoms with Crippen LogP contribution in [0.3, 0.4) is 0 Å². The number of imidazole rings is 1. The van der Waals surface area contributed by atoms with Crippen LogP contribution in [0.4, 0.5) is 0 Å². The first-order chi connectivity index (χ1) is 10.3. The molecule has 0 saturated carbocycles. The third-order valence-electron chi connectivity index (χ3n) is 3.93. The summed E-state index contributed by atoms with van der Waals surface area (Å²) in [5.41, 5.74) is 3.88. The van der Waals surface area contributed by atoms with Crippen molar-refractivity contribution in [3.63, 3.8) is 0 Å². The van der Waals surface area contributed by atoms with Crippen LogP contribution in [-0.4, -0.2) is 34.2 Å². The summed E-state index contributed by atoms with van der Waals surface area (Å²) in [6, 6.07) is 2.46. The van der Waals surface area contributed by atoms with E-state index < -0.39 is 0 Å². The maximum absolute atomic E-state index is 5.75. The monoisotopic (exact) mass is 303 g/mol. The van der Waals surface area contributed by atoms with E-state index in [9.17, 15) is 0 Å². The van der Waals surface area contributed by atoms with Crippen molar-refractivity contribution in [2.24, 2.45) is 7.05 Å². The predicted octanol–water partition coefficient (Wildman–Crippen LogP) is 2.78. The molecule has 0 aliphatic carbocycles. The number of hydrogen-bond donors (Lipinski definition) is 0. The summed E-state index contributed by atoms with van der Waals surface area (Å²) in [6.07, 6.45) is 4.73. The summed E-state index contributed by atoms with van der Waals surface area (Å²) in [5, 5.41) is 4.36. The molecule has 4 nitrogen and oxygen atoms in total. The number of nitrogens with zero attached hydrogens (tertiary/aromatic N) is 3. The topological polar surface area (TPSA) is 30.3 Å². The van der Waals surface area contributed by atoms with Crippen LogP contribution in [0.15, 0.2) is 35.8 Å². The zero-order valence-corrected chi connectivity index (χ0v) is 13.2. The van der Waals surface area contributed by atoms with Crippen LogP contribution in [0, 0.1) is 0 Å². The highest BCUT2D eigenvalue weighted by Crippen LogP contribution is 2.30. The molecular weight excluding hydrogens is 282 g/mol. The van der Waals surface area contributed by atoms with Crippen LogP contribution in [0.2, 0.25) is 0 Å². The highest BCUT2D eigenvalue weighted by Gasteiger charge is 2.30. The standard InChI is InChI=1S/C16H21N3OS/c1-3-7-20-10-15-16-14(17-12-18(16)2)4-6-19(15)9-13-5-8-21-11-13/h3,5,8,11-12,15H,1,4,6-7,9-10H2,2H3/t15-/m0/s1. The van der Waals surface area contributed by atoms with Crippen molar-refractivity contribution in [3.8, 4) is 0 Å². The van der Waals surface area contributed by atoms with Crippen molar-refractivity contribution >= 4 is 11.3 Å². The third-order valence-corrected chi connectivity index (χ3v) is 4.66. The van der Waals surface area contributed by atoms with Gasteiger partial charge >= 0.3 is 0 Å². The summed E-state index contributed by atoms with van der Waals surface area (Å²) in [5.74, 6) is 0. The van der Waals surface area contributed by atoms with Gasteiger partial charge in [-0.05, 0) is 22.4 Å². The smallest absolute Gasteiger partial charge is 0.0949 e. The molecule has 0 aromatic carbocycles. The van der Waals surface area contributed by atoms with E-state index in [1.165, 1.54) is 17.0 Å². The Bertz CT molecular complexity index is 591. The van der Waals surface area contributed by atoms with Gasteiger partial charge in [-0.1, -0.05) is 6.08 Å². The van der Waals surface area contributed by atoms with Crippen LogP contribution in [0.1, 0.15) is 23.0 Å². The number of rotatable bonds is 6. The van der Waals surface area contributed by atoms with Gasteiger partial charge in [-0.3, -0.25) is 4.90 Å². The zero-order chi connectivity index (χ0) is 14.7. The summed E-state index contributed by atoms with van der Waals surface area (Å²) in [7, 11) is 2.07. The molecule has 1 aliphatic heterocycles. The number of hydrogen-bond acceptors (Lipinski definition) is 4. The summed E-state index contributed by atoms with van der Waals surface area (Å²) in [4.78, 5) is 7.02. The molecule has 0 bridgehead atoms. The van der Waals surface area contributed by atoms with Crippen LogP contribution < -0.4 is 0 Å². The maximum Gasteiger partial charge on any atom is 0.0949 e. The van der Waals surface area contributed by atoms with E-state index in [0.29, 0.717) is 13.2 Å². The summed E-state index contributed by atoms with van der Waals surface area (Å²) < 4.78 is 7.89. The second kappa shape index (κ2) is 6.56. The van der Waals surface area contributed by atoms with Gasteiger partial charge in [0.2, 0.25) is 0 Å². The van der Waals surface area contributed by atoms with E-state index in [1.807, 2.05) is 6.33 Å². The van der Waals surface area contributed by atoms with E-state index >= 15 is 0 Å². The Morgan fingerprint density at radius 1 is 1.57 bits per heavy atom. The maximum atomic E-state index is 5.75. The lowest BCUT2D eigenvalue weighted by Crippen LogP contribution is -2.38. The van der Waals surface area contributed by atoms with Crippen molar-refractivity contribution in [1.82, 2.24) is 14.5 Å². The zero-order valence-electron chi connectivity index (χ0n) is 12.4. The third kappa shape index (κ3) is 3.10. The van der Waals surface area contributed by atoms with Gasteiger partial charge in [0.1, 0.15) is 0 Å². The van der Waals surface area contributed by atoms with Gasteiger partial charge in [0.25, 0.3) is 0 Å². The first kappa shape index (κ1) is 14.5. The van der Waals surface area contributed by atoms with E-state index in [1.54, 1.807) is 17.4 Å². The minimum Gasteiger partial charge on any atom is -0.375 e. The van der Waals surface area contributed by atoms with Gasteiger partial charge in [-0.15, -0.1) is 6.58 Å². The molecule has 0 amide bonds. The Kier molecular flexibility index (Phi) is 4.53. The molecule has 1 atom stereocenters. The lowest BCUT2D eigenvalue weighted by atomic mass is 10.0. The highest BCUT2D eigenvalue weighted by molar-refractivity contribution is 7.07. The molecule has 0 saturated heterocycles. The summed E-state index contributed by atoms with van der Waals surface area (Å²) >= 11 is 1.75. The van der Waals surface area contributed by atoms with Crippen molar-refractivity contribution < 1.29 is 4.74 Å². The average Bonchev–Trinajstić information content (AvgIpc) is 3.11. The molecule has 0 spiro atoms. The van der Waals surface area contributed by atoms with Gasteiger partial charge in [-0.2, -0.15) is 11.3 Å². The SMILES string of the molecule is C=CCOC[C@H]1c2c(ncn2C)CCN1Cc1ccsc1. The molecule has 0 unspecified atom stereocenters. The Morgan fingerprint density at radius 3 is 3.24 bits per heavy atom. The van der Waals surface area contributed by atoms with Crippen LogP contribution in [0.5, 0.6) is 0 Å². The van der Waals surface area contributed by atoms with Gasteiger partial charge in [0, 0.05) is 26.6 Å². The fraction of sp³-hybridized carbons (Fsp3) is 0.438. The molecule has 21 heavy (non-hydrogen) atoms. The minimum absolute atomic E-state index is 0.265. The second-order valence-corrected chi connectivity index (χ2v) is 6.16. The molecule has 3 rings (SSSR count). The molecule has 2 aromatic rings. The van der Waals surface area contributed by atoms with Crippen LogP contribution in [0.25, 0.3) is 0 Å². The van der Waals surface area contributed by atoms with Gasteiger partial charge in [0.15, 0.2) is 0 Å². The first-order valence-corrected chi connectivity index (χ1v) is 8.17. The van der Waals surface area contributed by atoms with E-state index in [-0.39, 0.29) is 6.04 Å². The molecule has 1 aliphatic rings. The molecular formula is C16H21N3OS. The van der Waals surface area contributed by atoms with Crippen LogP contribution in [-0.2, 0) is 24.8 Å². The first-order valence-electron chi connectivity index (χ1n) is 7.23. The largest absolute Gasteiger partial charge is 0.375 e. The number of aromatic nitrogens is 2. The molecule has 0 radical (unpaired) electrons. The highest BCUT2D eigenvalue weighted by atomic mass is 32.1. The molecule has 3 heterocycles. The molecule has 112 valence electrons. The second-order valence-electron chi connectivity index (χ2n) is 5.38. The molecule has 2 aromatic heterocycles. The lowest BCUT2D eigenvalue weighted by molar-refractivity contribution is 0.0587. The van der Waals surface area contributed by atoms with Crippen molar-refractivity contribution in [2.45, 2.75) is 19.0 Å². The Morgan fingerprint density at radius 2 is 2.48 bits per heavy atom. The average molecular weight is 303 g/mol. The number of fused-ring (bicyclic) bond motifs is 1. The molecule has 0 N–H and O–H groups in total. The fourth-order valence-corrected chi connectivity index (χ4v) is 3.60. The Hall–Kier alpha value is -1.43. The van der Waals surface area contributed by atoms with E-state index in [4.69, 9.17) is 4.74 Å². The number of aryl methyl sites for hydroxylation is 1. The van der Waals surface area contributed by atoms with Gasteiger partial charge < -0.3 is 9.30 Å². The van der Waals surface area contributed by atoms with Gasteiger partial charge in [0.05, 0.1) is 37.0 Å². The van der Waals surface area contributed by atoms with Gasteiger partial charge in [-0.25, -0.2) is 4.98 Å². The quantitative estimate of drug-likeness (QED) is 0.607. The molecule has 0 fully saturated rings. The summed E-state index contributed by atoms with van der Waals surface area (Å²) in [6.45, 7) is 6.99.